The average molecular weight is 202 g/mol. The molecule has 0 unspecified atom stereocenters. The third-order valence-corrected chi connectivity index (χ3v) is 1.34. The molecule has 0 aliphatic carbocycles. The first-order valence-electron chi connectivity index (χ1n) is 3.53. The number of rotatable bonds is 2. The van der Waals surface area contributed by atoms with Gasteiger partial charge in [0.2, 0.25) is 0 Å². The molecule has 13 heavy (non-hydrogen) atoms. The maximum atomic E-state index is 8.25. The molecule has 72 valence electrons. The third-order valence-electron chi connectivity index (χ3n) is 1.14. The Bertz CT molecular complexity index is 239. The maximum absolute atomic E-state index is 8.25. The maximum Gasteiger partial charge on any atom is 0.168 e. The number of hydrogen-bond acceptors (Lipinski definition) is 4. The molecule has 0 radical (unpaired) electrons. The highest BCUT2D eigenvalue weighted by Gasteiger charge is 1.91. The molecule has 0 saturated carbocycles. The first-order chi connectivity index (χ1) is 6.16. The molecule has 0 amide bonds. The average Bonchev–Trinajstić information content (AvgIpc) is 2.06. The summed E-state index contributed by atoms with van der Waals surface area (Å²) in [6, 6.07) is 6.04. The number of thiol groups is 1. The standard InChI is InChI=1S/C7H9NS.NO3/c9-7-6-8-4-2-1-3-5-8;2-1(3)4/h1-5H,6-7H2;/q;-1/p+1. The van der Waals surface area contributed by atoms with Crippen LogP contribution in [0.25, 0.3) is 0 Å². The Kier molecular flexibility index (Phi) is 6.62. The second kappa shape index (κ2) is 7.35. The van der Waals surface area contributed by atoms with E-state index in [0.29, 0.717) is 0 Å². The van der Waals surface area contributed by atoms with Gasteiger partial charge in [-0.25, -0.2) is 4.57 Å². The van der Waals surface area contributed by atoms with Crippen LogP contribution < -0.4 is 4.57 Å². The van der Waals surface area contributed by atoms with Gasteiger partial charge in [-0.2, -0.15) is 12.6 Å². The summed E-state index contributed by atoms with van der Waals surface area (Å²) in [5.41, 5.74) is 0. The van der Waals surface area contributed by atoms with Gasteiger partial charge < -0.3 is 15.3 Å². The van der Waals surface area contributed by atoms with Crippen molar-refractivity contribution in [3.63, 3.8) is 0 Å². The van der Waals surface area contributed by atoms with Gasteiger partial charge in [0.05, 0.1) is 5.09 Å². The van der Waals surface area contributed by atoms with Crippen molar-refractivity contribution >= 4 is 12.6 Å². The van der Waals surface area contributed by atoms with Gasteiger partial charge in [0, 0.05) is 17.9 Å². The third kappa shape index (κ3) is 8.61. The molecule has 1 aromatic rings. The lowest BCUT2D eigenvalue weighted by atomic mass is 10.5. The van der Waals surface area contributed by atoms with Crippen LogP contribution in [0.4, 0.5) is 0 Å². The van der Waals surface area contributed by atoms with E-state index >= 15 is 0 Å². The molecule has 0 aliphatic rings. The fourth-order valence-electron chi connectivity index (χ4n) is 0.699. The molecule has 0 N–H and O–H groups in total. The summed E-state index contributed by atoms with van der Waals surface area (Å²) in [5, 5.41) is 14.8. The monoisotopic (exact) mass is 202 g/mol. The zero-order valence-corrected chi connectivity index (χ0v) is 7.76. The van der Waals surface area contributed by atoms with E-state index in [1.54, 1.807) is 0 Å². The molecule has 6 heteroatoms. The van der Waals surface area contributed by atoms with Crippen LogP contribution in [0, 0.1) is 15.3 Å². The molecular weight excluding hydrogens is 192 g/mol. The van der Waals surface area contributed by atoms with E-state index in [-0.39, 0.29) is 0 Å². The van der Waals surface area contributed by atoms with E-state index in [9.17, 15) is 0 Å². The minimum atomic E-state index is -1.75. The van der Waals surface area contributed by atoms with Gasteiger partial charge in [-0.15, -0.1) is 0 Å². The highest BCUT2D eigenvalue weighted by Crippen LogP contribution is 1.77. The largest absolute Gasteiger partial charge is 0.356 e. The lowest BCUT2D eigenvalue weighted by molar-refractivity contribution is -0.692. The zero-order chi connectivity index (χ0) is 10.1. The van der Waals surface area contributed by atoms with Gasteiger partial charge in [0.15, 0.2) is 18.9 Å². The van der Waals surface area contributed by atoms with Crippen molar-refractivity contribution < 1.29 is 9.65 Å². The number of pyridine rings is 1. The Morgan fingerprint density at radius 2 is 1.69 bits per heavy atom. The van der Waals surface area contributed by atoms with Crippen molar-refractivity contribution in [2.75, 3.05) is 5.75 Å². The summed E-state index contributed by atoms with van der Waals surface area (Å²) < 4.78 is 2.10. The molecule has 0 aliphatic heterocycles. The predicted molar refractivity (Wildman–Crippen MR) is 50.9 cm³/mol. The van der Waals surface area contributed by atoms with Crippen LogP contribution in [-0.4, -0.2) is 10.8 Å². The van der Waals surface area contributed by atoms with Gasteiger partial charge in [0.25, 0.3) is 0 Å². The van der Waals surface area contributed by atoms with Crippen LogP contribution in [0.5, 0.6) is 0 Å². The molecule has 1 heterocycles. The normalized spacial score (nSPS) is 8.38. The Labute approximate surface area is 81.2 Å². The number of nitrogens with zero attached hydrogens (tertiary/aromatic N) is 2. The van der Waals surface area contributed by atoms with Gasteiger partial charge in [-0.1, -0.05) is 6.07 Å². The summed E-state index contributed by atoms with van der Waals surface area (Å²) in [5.74, 6) is 0.898. The van der Waals surface area contributed by atoms with Gasteiger partial charge >= 0.3 is 0 Å². The highest BCUT2D eigenvalue weighted by atomic mass is 32.1. The second-order valence-electron chi connectivity index (χ2n) is 2.06. The van der Waals surface area contributed by atoms with E-state index < -0.39 is 5.09 Å². The summed E-state index contributed by atoms with van der Waals surface area (Å²) in [6.45, 7) is 0.990. The predicted octanol–water partition coefficient (Wildman–Crippen LogP) is 0.665. The molecule has 0 saturated heterocycles. The topological polar surface area (TPSA) is 70.1 Å². The molecule has 0 fully saturated rings. The van der Waals surface area contributed by atoms with Gasteiger partial charge in [-0.05, 0) is 0 Å². The number of aryl methyl sites for hydroxylation is 1. The summed E-state index contributed by atoms with van der Waals surface area (Å²) >= 11 is 4.11. The van der Waals surface area contributed by atoms with Crippen LogP contribution in [0.3, 0.4) is 0 Å². The van der Waals surface area contributed by atoms with Crippen molar-refractivity contribution in [3.05, 3.63) is 45.9 Å². The van der Waals surface area contributed by atoms with Crippen molar-refractivity contribution in [2.24, 2.45) is 0 Å². The van der Waals surface area contributed by atoms with Crippen LogP contribution in [0.1, 0.15) is 0 Å². The number of aromatic nitrogens is 1. The summed E-state index contributed by atoms with van der Waals surface area (Å²) in [7, 11) is 0. The Morgan fingerprint density at radius 3 is 2.08 bits per heavy atom. The van der Waals surface area contributed by atoms with Crippen LogP contribution in [-0.2, 0) is 6.54 Å². The molecule has 0 atom stereocenters. The lowest BCUT2D eigenvalue weighted by Crippen LogP contribution is -2.32. The highest BCUT2D eigenvalue weighted by molar-refractivity contribution is 7.80. The van der Waals surface area contributed by atoms with E-state index in [1.165, 1.54) is 0 Å². The van der Waals surface area contributed by atoms with Crippen LogP contribution >= 0.6 is 12.6 Å². The van der Waals surface area contributed by atoms with Crippen LogP contribution in [0.2, 0.25) is 0 Å². The van der Waals surface area contributed by atoms with Gasteiger partial charge in [0.1, 0.15) is 0 Å². The molecule has 0 spiro atoms. The summed E-state index contributed by atoms with van der Waals surface area (Å²) in [4.78, 5) is 8.25. The molecular formula is C7H10N2O3S. The van der Waals surface area contributed by atoms with Crippen LogP contribution in [0.15, 0.2) is 30.6 Å². The summed E-state index contributed by atoms with van der Waals surface area (Å²) in [6.07, 6.45) is 4.08. The lowest BCUT2D eigenvalue weighted by Gasteiger charge is -1.88. The molecule has 0 aromatic carbocycles. The molecule has 1 rings (SSSR count). The zero-order valence-electron chi connectivity index (χ0n) is 6.87. The number of hydrogen-bond donors (Lipinski definition) is 1. The molecule has 5 nitrogen and oxygen atoms in total. The first kappa shape index (κ1) is 11.7. The van der Waals surface area contributed by atoms with E-state index in [1.807, 2.05) is 30.6 Å². The van der Waals surface area contributed by atoms with Gasteiger partial charge in [-0.3, -0.25) is 0 Å². The molecule has 0 bridgehead atoms. The second-order valence-corrected chi connectivity index (χ2v) is 2.51. The minimum absolute atomic E-state index is 0.898. The Balaban J connectivity index is 0.000000310. The molecule has 1 aromatic heterocycles. The van der Waals surface area contributed by atoms with E-state index in [0.717, 1.165) is 12.3 Å². The quantitative estimate of drug-likeness (QED) is 0.331. The van der Waals surface area contributed by atoms with Crippen molar-refractivity contribution in [1.82, 2.24) is 0 Å². The first-order valence-corrected chi connectivity index (χ1v) is 4.16. The van der Waals surface area contributed by atoms with E-state index in [4.69, 9.17) is 15.3 Å². The van der Waals surface area contributed by atoms with Crippen molar-refractivity contribution in [1.29, 1.82) is 0 Å². The fourth-order valence-corrected chi connectivity index (χ4v) is 0.930. The minimum Gasteiger partial charge on any atom is -0.356 e. The smallest absolute Gasteiger partial charge is 0.168 e. The fraction of sp³-hybridized carbons (Fsp3) is 0.286. The van der Waals surface area contributed by atoms with Crippen molar-refractivity contribution in [2.45, 2.75) is 6.54 Å². The SMILES string of the molecule is O=[N+]([O-])[O-].SCC[n+]1ccccc1. The Hall–Kier alpha value is -1.30. The Morgan fingerprint density at radius 1 is 1.23 bits per heavy atom. The van der Waals surface area contributed by atoms with Crippen molar-refractivity contribution in [3.8, 4) is 0 Å². The van der Waals surface area contributed by atoms with E-state index in [2.05, 4.69) is 17.2 Å².